The quantitative estimate of drug-likeness (QED) is 0.220. The van der Waals surface area contributed by atoms with Gasteiger partial charge in [0, 0.05) is 23.0 Å². The lowest BCUT2D eigenvalue weighted by atomic mass is 9.85. The zero-order valence-electron chi connectivity index (χ0n) is 25.4. The number of hydrogen-bond donors (Lipinski definition) is 5. The van der Waals surface area contributed by atoms with Crippen LogP contribution in [0.4, 0.5) is 0 Å². The highest BCUT2D eigenvalue weighted by Gasteiger charge is 2.36. The Kier molecular flexibility index (Phi) is 11.8. The third kappa shape index (κ3) is 8.61. The van der Waals surface area contributed by atoms with Crippen LogP contribution in [-0.2, 0) is 19.2 Å². The molecule has 1 fully saturated rings. The van der Waals surface area contributed by atoms with Gasteiger partial charge < -0.3 is 21.1 Å². The van der Waals surface area contributed by atoms with E-state index in [0.717, 1.165) is 21.1 Å². The van der Waals surface area contributed by atoms with E-state index < -0.39 is 41.3 Å². The number of halogens is 1. The zero-order chi connectivity index (χ0) is 31.9. The van der Waals surface area contributed by atoms with E-state index in [4.69, 9.17) is 0 Å². The second-order valence-electron chi connectivity index (χ2n) is 11.6. The summed E-state index contributed by atoms with van der Waals surface area (Å²) < 4.78 is 0.918. The summed E-state index contributed by atoms with van der Waals surface area (Å²) in [5.74, 6) is -1.86. The Morgan fingerprint density at radius 2 is 1.86 bits per heavy atom. The average molecular weight is 660 g/mol. The molecule has 1 aliphatic heterocycles. The minimum atomic E-state index is -1.05. The summed E-state index contributed by atoms with van der Waals surface area (Å²) in [6, 6.07) is 6.88. The number of hydrogen-bond acceptors (Lipinski definition) is 7. The summed E-state index contributed by atoms with van der Waals surface area (Å²) in [4.78, 5) is 57.2. The van der Waals surface area contributed by atoms with Crippen molar-refractivity contribution in [3.05, 3.63) is 53.2 Å². The van der Waals surface area contributed by atoms with Crippen LogP contribution in [0.15, 0.2) is 47.5 Å². The monoisotopic (exact) mass is 658 g/mol. The minimum Gasteiger partial charge on any atom is -0.396 e. The third-order valence-electron chi connectivity index (χ3n) is 7.81. The maximum absolute atomic E-state index is 13.3. The number of fused-ring (bicyclic) bond motifs is 1. The standard InChI is InChI=1S/C31H43BrN6O5/c1-7-31(6,14-16-39)30(43)36-26(18(2)3)28(41)34-20(5)29(42)38-15-8-9-24(37-38)27(40)33-19(4)23-13-11-21-10-12-22(32)17-25(21)35-23/h7,10-13,17-20,24,26,37,39H,1,8-9,14-16H2,2-6H3,(H,33,40)(H,34,41)(H,36,43)/t19-,20+,24?,26+,31?/m1/s1. The summed E-state index contributed by atoms with van der Waals surface area (Å²) in [6.45, 7) is 12.5. The van der Waals surface area contributed by atoms with E-state index in [-0.39, 0.29) is 30.9 Å². The minimum absolute atomic E-state index is 0.161. The molecule has 1 aliphatic rings. The van der Waals surface area contributed by atoms with Gasteiger partial charge in [-0.15, -0.1) is 6.58 Å². The number of aliphatic hydroxyl groups excluding tert-OH is 1. The van der Waals surface area contributed by atoms with Crippen molar-refractivity contribution in [1.82, 2.24) is 31.4 Å². The Morgan fingerprint density at radius 1 is 1.16 bits per heavy atom. The van der Waals surface area contributed by atoms with Crippen molar-refractivity contribution in [2.45, 2.75) is 78.0 Å². The maximum atomic E-state index is 13.3. The van der Waals surface area contributed by atoms with Crippen molar-refractivity contribution in [2.24, 2.45) is 11.3 Å². The van der Waals surface area contributed by atoms with Gasteiger partial charge in [0.2, 0.25) is 17.7 Å². The van der Waals surface area contributed by atoms with E-state index in [1.54, 1.807) is 27.7 Å². The van der Waals surface area contributed by atoms with Crippen molar-refractivity contribution in [1.29, 1.82) is 0 Å². The van der Waals surface area contributed by atoms with Gasteiger partial charge in [0.05, 0.1) is 22.7 Å². The second-order valence-corrected chi connectivity index (χ2v) is 12.6. The van der Waals surface area contributed by atoms with Crippen LogP contribution >= 0.6 is 15.9 Å². The number of benzene rings is 1. The van der Waals surface area contributed by atoms with E-state index in [9.17, 15) is 24.3 Å². The van der Waals surface area contributed by atoms with Crippen LogP contribution in [0.25, 0.3) is 10.9 Å². The SMILES string of the molecule is C=CC(C)(CCO)C(=O)N[C@H](C(=O)N[C@@H](C)C(=O)N1CCCC(C(=O)N[C@H](C)c2ccc3ccc(Br)cc3n2)N1)C(C)C. The predicted octanol–water partition coefficient (Wildman–Crippen LogP) is 2.89. The van der Waals surface area contributed by atoms with Crippen LogP contribution in [0.2, 0.25) is 0 Å². The zero-order valence-corrected chi connectivity index (χ0v) is 27.0. The molecule has 1 saturated heterocycles. The van der Waals surface area contributed by atoms with Gasteiger partial charge >= 0.3 is 0 Å². The molecular weight excluding hydrogens is 616 g/mol. The summed E-state index contributed by atoms with van der Waals surface area (Å²) >= 11 is 3.46. The first-order chi connectivity index (χ1) is 20.3. The molecule has 1 aromatic carbocycles. The van der Waals surface area contributed by atoms with E-state index in [2.05, 4.69) is 48.9 Å². The van der Waals surface area contributed by atoms with Gasteiger partial charge in [-0.2, -0.15) is 0 Å². The van der Waals surface area contributed by atoms with E-state index in [1.165, 1.54) is 11.1 Å². The molecule has 4 amide bonds. The fourth-order valence-electron chi connectivity index (χ4n) is 4.85. The third-order valence-corrected chi connectivity index (χ3v) is 8.31. The van der Waals surface area contributed by atoms with Gasteiger partial charge in [0.1, 0.15) is 18.1 Å². The molecule has 0 saturated carbocycles. The molecule has 43 heavy (non-hydrogen) atoms. The summed E-state index contributed by atoms with van der Waals surface area (Å²) in [5, 5.41) is 20.2. The molecule has 11 nitrogen and oxygen atoms in total. The number of hydrazine groups is 1. The summed E-state index contributed by atoms with van der Waals surface area (Å²) in [5.41, 5.74) is 3.50. The van der Waals surface area contributed by atoms with Crippen molar-refractivity contribution in [3.63, 3.8) is 0 Å². The number of nitrogens with zero attached hydrogens (tertiary/aromatic N) is 2. The van der Waals surface area contributed by atoms with Crippen LogP contribution in [0.5, 0.6) is 0 Å². The lowest BCUT2D eigenvalue weighted by Crippen LogP contribution is -2.62. The number of aromatic nitrogens is 1. The first-order valence-electron chi connectivity index (χ1n) is 14.6. The average Bonchev–Trinajstić information content (AvgIpc) is 2.98. The Bertz CT molecular complexity index is 1350. The smallest absolute Gasteiger partial charge is 0.258 e. The number of nitrogens with one attached hydrogen (secondary N) is 4. The Hall–Kier alpha value is -3.35. The normalized spacial score (nSPS) is 18.7. The van der Waals surface area contributed by atoms with Gasteiger partial charge in [0.15, 0.2) is 0 Å². The van der Waals surface area contributed by atoms with Crippen LogP contribution in [0, 0.1) is 11.3 Å². The predicted molar refractivity (Wildman–Crippen MR) is 168 cm³/mol. The number of pyridine rings is 1. The molecule has 5 atom stereocenters. The van der Waals surface area contributed by atoms with Gasteiger partial charge in [0.25, 0.3) is 5.91 Å². The van der Waals surface area contributed by atoms with Crippen LogP contribution in [-0.4, -0.2) is 70.0 Å². The van der Waals surface area contributed by atoms with Crippen molar-refractivity contribution >= 4 is 50.5 Å². The number of rotatable bonds is 12. The van der Waals surface area contributed by atoms with E-state index in [1.807, 2.05) is 37.3 Å². The van der Waals surface area contributed by atoms with E-state index in [0.29, 0.717) is 19.4 Å². The summed E-state index contributed by atoms with van der Waals surface area (Å²) in [6.07, 6.45) is 2.75. The van der Waals surface area contributed by atoms with E-state index >= 15 is 0 Å². The van der Waals surface area contributed by atoms with Crippen molar-refractivity contribution in [2.75, 3.05) is 13.2 Å². The highest BCUT2D eigenvalue weighted by atomic mass is 79.9. The fraction of sp³-hybridized carbons (Fsp3) is 0.516. The van der Waals surface area contributed by atoms with Gasteiger partial charge in [-0.1, -0.05) is 48.0 Å². The fourth-order valence-corrected chi connectivity index (χ4v) is 5.20. The number of aliphatic hydroxyl groups is 1. The largest absolute Gasteiger partial charge is 0.396 e. The van der Waals surface area contributed by atoms with Gasteiger partial charge in [-0.25, -0.2) is 5.43 Å². The second kappa shape index (κ2) is 14.9. The Morgan fingerprint density at radius 3 is 2.51 bits per heavy atom. The topological polar surface area (TPSA) is 153 Å². The number of amides is 4. The molecule has 0 aliphatic carbocycles. The molecule has 3 rings (SSSR count). The molecule has 5 N–H and O–H groups in total. The lowest BCUT2D eigenvalue weighted by molar-refractivity contribution is -0.143. The molecule has 2 aromatic rings. The molecule has 0 radical (unpaired) electrons. The molecule has 234 valence electrons. The lowest BCUT2D eigenvalue weighted by Gasteiger charge is -2.35. The van der Waals surface area contributed by atoms with Crippen molar-refractivity contribution in [3.8, 4) is 0 Å². The Balaban J connectivity index is 1.59. The Labute approximate surface area is 261 Å². The summed E-state index contributed by atoms with van der Waals surface area (Å²) in [7, 11) is 0. The van der Waals surface area contributed by atoms with Crippen molar-refractivity contribution < 1.29 is 24.3 Å². The molecule has 1 aromatic heterocycles. The number of carbonyl (C=O) groups is 4. The molecule has 2 unspecified atom stereocenters. The van der Waals surface area contributed by atoms with Gasteiger partial charge in [-0.05, 0) is 64.2 Å². The maximum Gasteiger partial charge on any atom is 0.258 e. The van der Waals surface area contributed by atoms with Gasteiger partial charge in [-0.3, -0.25) is 29.2 Å². The van der Waals surface area contributed by atoms with Crippen LogP contribution < -0.4 is 21.4 Å². The number of carbonyl (C=O) groups excluding carboxylic acids is 4. The molecule has 12 heteroatoms. The molecule has 0 bridgehead atoms. The highest BCUT2D eigenvalue weighted by molar-refractivity contribution is 9.10. The van der Waals surface area contributed by atoms with Crippen LogP contribution in [0.3, 0.4) is 0 Å². The first kappa shape index (κ1) is 34.1. The first-order valence-corrected chi connectivity index (χ1v) is 15.4. The van der Waals surface area contributed by atoms with Crippen LogP contribution in [0.1, 0.15) is 65.6 Å². The highest BCUT2D eigenvalue weighted by Crippen LogP contribution is 2.24. The molecular formula is C31H43BrN6O5. The molecule has 2 heterocycles. The molecule has 0 spiro atoms.